The number of aryl methyl sites for hydroxylation is 1. The molecule has 0 radical (unpaired) electrons. The number of aromatic nitrogens is 1. The molecule has 0 aliphatic carbocycles. The first-order chi connectivity index (χ1) is 12.6. The second-order valence-corrected chi connectivity index (χ2v) is 6.81. The molecular weight excluding hydrogens is 342 g/mol. The molecule has 4 nitrogen and oxygen atoms in total. The SMILES string of the molecule is CSc1ccc(/C=N\NC(=O)c2cc(C)n(-c3ccccc3)c2C)cc1. The van der Waals surface area contributed by atoms with Gasteiger partial charge < -0.3 is 4.57 Å². The van der Waals surface area contributed by atoms with Crippen molar-refractivity contribution < 1.29 is 4.79 Å². The molecule has 0 unspecified atom stereocenters. The largest absolute Gasteiger partial charge is 0.318 e. The fourth-order valence-electron chi connectivity index (χ4n) is 2.88. The Morgan fingerprint density at radius 2 is 1.77 bits per heavy atom. The first-order valence-electron chi connectivity index (χ1n) is 8.32. The van der Waals surface area contributed by atoms with E-state index >= 15 is 0 Å². The number of hydrogen-bond acceptors (Lipinski definition) is 3. The van der Waals surface area contributed by atoms with Crippen molar-refractivity contribution in [3.05, 3.63) is 83.2 Å². The van der Waals surface area contributed by atoms with Gasteiger partial charge >= 0.3 is 0 Å². The highest BCUT2D eigenvalue weighted by Gasteiger charge is 2.16. The number of rotatable bonds is 5. The molecule has 1 heterocycles. The van der Waals surface area contributed by atoms with Gasteiger partial charge in [0.15, 0.2) is 0 Å². The van der Waals surface area contributed by atoms with E-state index in [4.69, 9.17) is 0 Å². The fourth-order valence-corrected chi connectivity index (χ4v) is 3.29. The molecule has 1 aromatic heterocycles. The Morgan fingerprint density at radius 3 is 2.42 bits per heavy atom. The first-order valence-corrected chi connectivity index (χ1v) is 9.54. The summed E-state index contributed by atoms with van der Waals surface area (Å²) in [7, 11) is 0. The van der Waals surface area contributed by atoms with Crippen LogP contribution in [0.3, 0.4) is 0 Å². The third-order valence-electron chi connectivity index (χ3n) is 4.19. The number of para-hydroxylation sites is 1. The van der Waals surface area contributed by atoms with E-state index in [1.807, 2.05) is 80.8 Å². The minimum Gasteiger partial charge on any atom is -0.318 e. The highest BCUT2D eigenvalue weighted by atomic mass is 32.2. The number of nitrogens with zero attached hydrogens (tertiary/aromatic N) is 2. The van der Waals surface area contributed by atoms with Crippen molar-refractivity contribution in [2.45, 2.75) is 18.7 Å². The number of carbonyl (C=O) groups is 1. The summed E-state index contributed by atoms with van der Waals surface area (Å²) < 4.78 is 2.07. The Labute approximate surface area is 157 Å². The Morgan fingerprint density at radius 1 is 1.08 bits per heavy atom. The van der Waals surface area contributed by atoms with Crippen LogP contribution >= 0.6 is 11.8 Å². The van der Waals surface area contributed by atoms with Gasteiger partial charge in [0, 0.05) is 22.0 Å². The maximum atomic E-state index is 12.5. The third-order valence-corrected chi connectivity index (χ3v) is 4.93. The van der Waals surface area contributed by atoms with Gasteiger partial charge in [0.25, 0.3) is 5.91 Å². The highest BCUT2D eigenvalue weighted by molar-refractivity contribution is 7.98. The number of hydrogen-bond donors (Lipinski definition) is 1. The quantitative estimate of drug-likeness (QED) is 0.410. The Balaban J connectivity index is 1.75. The number of amides is 1. The van der Waals surface area contributed by atoms with Crippen molar-refractivity contribution >= 4 is 23.9 Å². The molecule has 26 heavy (non-hydrogen) atoms. The van der Waals surface area contributed by atoms with Crippen molar-refractivity contribution in [3.63, 3.8) is 0 Å². The number of carbonyl (C=O) groups excluding carboxylic acids is 1. The van der Waals surface area contributed by atoms with Crippen LogP contribution in [0, 0.1) is 13.8 Å². The second kappa shape index (κ2) is 8.06. The minimum absolute atomic E-state index is 0.211. The van der Waals surface area contributed by atoms with E-state index in [0.29, 0.717) is 5.56 Å². The number of nitrogens with one attached hydrogen (secondary N) is 1. The first kappa shape index (κ1) is 18.0. The van der Waals surface area contributed by atoms with Gasteiger partial charge in [-0.2, -0.15) is 5.10 Å². The number of thioether (sulfide) groups is 1. The van der Waals surface area contributed by atoms with E-state index in [9.17, 15) is 4.79 Å². The van der Waals surface area contributed by atoms with Gasteiger partial charge in [-0.15, -0.1) is 11.8 Å². The van der Waals surface area contributed by atoms with Crippen LogP contribution in [0.25, 0.3) is 5.69 Å². The smallest absolute Gasteiger partial charge is 0.273 e. The molecule has 5 heteroatoms. The minimum atomic E-state index is -0.211. The summed E-state index contributed by atoms with van der Waals surface area (Å²) in [4.78, 5) is 13.7. The molecule has 0 saturated carbocycles. The Hall–Kier alpha value is -2.79. The second-order valence-electron chi connectivity index (χ2n) is 5.93. The summed E-state index contributed by atoms with van der Waals surface area (Å²) in [5.74, 6) is -0.211. The van der Waals surface area contributed by atoms with E-state index in [1.54, 1.807) is 18.0 Å². The van der Waals surface area contributed by atoms with Crippen molar-refractivity contribution in [1.29, 1.82) is 0 Å². The van der Waals surface area contributed by atoms with Crippen molar-refractivity contribution in [2.24, 2.45) is 5.10 Å². The summed E-state index contributed by atoms with van der Waals surface area (Å²) >= 11 is 1.69. The molecule has 0 aliphatic heterocycles. The molecule has 3 aromatic rings. The van der Waals surface area contributed by atoms with Crippen LogP contribution in [0.5, 0.6) is 0 Å². The van der Waals surface area contributed by atoms with Crippen LogP contribution in [0.1, 0.15) is 27.3 Å². The average Bonchev–Trinajstić information content (AvgIpc) is 2.97. The molecule has 1 N–H and O–H groups in total. The Bertz CT molecular complexity index is 928. The lowest BCUT2D eigenvalue weighted by atomic mass is 10.2. The van der Waals surface area contributed by atoms with Crippen molar-refractivity contribution in [3.8, 4) is 5.69 Å². The summed E-state index contributed by atoms with van der Waals surface area (Å²) in [5.41, 5.74) is 7.13. The zero-order valence-corrected chi connectivity index (χ0v) is 15.9. The van der Waals surface area contributed by atoms with Crippen molar-refractivity contribution in [1.82, 2.24) is 9.99 Å². The lowest BCUT2D eigenvalue weighted by molar-refractivity contribution is 0.0954. The molecule has 0 bridgehead atoms. The van der Waals surface area contributed by atoms with E-state index < -0.39 is 0 Å². The summed E-state index contributed by atoms with van der Waals surface area (Å²) in [6.07, 6.45) is 3.69. The molecule has 3 rings (SSSR count). The van der Waals surface area contributed by atoms with Crippen LogP contribution in [-0.4, -0.2) is 22.9 Å². The molecular formula is C21H21N3OS. The van der Waals surface area contributed by atoms with Crippen LogP contribution in [0.2, 0.25) is 0 Å². The van der Waals surface area contributed by atoms with Gasteiger partial charge in [-0.1, -0.05) is 30.3 Å². The van der Waals surface area contributed by atoms with Gasteiger partial charge in [-0.25, -0.2) is 5.43 Å². The van der Waals surface area contributed by atoms with E-state index in [-0.39, 0.29) is 5.91 Å². The zero-order chi connectivity index (χ0) is 18.5. The number of hydrazone groups is 1. The average molecular weight is 363 g/mol. The van der Waals surface area contributed by atoms with E-state index in [0.717, 1.165) is 22.6 Å². The van der Waals surface area contributed by atoms with Gasteiger partial charge in [0.2, 0.25) is 0 Å². The zero-order valence-electron chi connectivity index (χ0n) is 15.1. The predicted octanol–water partition coefficient (Wildman–Crippen LogP) is 4.58. The normalized spacial score (nSPS) is 11.0. The van der Waals surface area contributed by atoms with Crippen LogP contribution in [-0.2, 0) is 0 Å². The maximum absolute atomic E-state index is 12.5. The summed E-state index contributed by atoms with van der Waals surface area (Å²) in [5, 5.41) is 4.09. The lowest BCUT2D eigenvalue weighted by Gasteiger charge is -2.09. The van der Waals surface area contributed by atoms with Gasteiger partial charge in [0.1, 0.15) is 0 Å². The summed E-state index contributed by atoms with van der Waals surface area (Å²) in [6.45, 7) is 3.94. The lowest BCUT2D eigenvalue weighted by Crippen LogP contribution is -2.18. The molecule has 0 atom stereocenters. The molecule has 0 fully saturated rings. The van der Waals surface area contributed by atoms with Crippen LogP contribution < -0.4 is 5.43 Å². The van der Waals surface area contributed by atoms with Gasteiger partial charge in [-0.3, -0.25) is 4.79 Å². The third kappa shape index (κ3) is 3.89. The molecule has 132 valence electrons. The molecule has 0 saturated heterocycles. The summed E-state index contributed by atoms with van der Waals surface area (Å²) in [6, 6.07) is 19.9. The van der Waals surface area contributed by atoms with Crippen LogP contribution in [0.15, 0.2) is 70.7 Å². The monoisotopic (exact) mass is 363 g/mol. The molecule has 1 amide bonds. The van der Waals surface area contributed by atoms with E-state index in [2.05, 4.69) is 15.1 Å². The Kier molecular flexibility index (Phi) is 5.58. The molecule has 0 aliphatic rings. The highest BCUT2D eigenvalue weighted by Crippen LogP contribution is 2.20. The fraction of sp³-hybridized carbons (Fsp3) is 0.143. The van der Waals surface area contributed by atoms with Crippen molar-refractivity contribution in [2.75, 3.05) is 6.26 Å². The van der Waals surface area contributed by atoms with Crippen LogP contribution in [0.4, 0.5) is 0 Å². The number of benzene rings is 2. The van der Waals surface area contributed by atoms with Gasteiger partial charge in [0.05, 0.1) is 11.8 Å². The van der Waals surface area contributed by atoms with E-state index in [1.165, 1.54) is 4.90 Å². The van der Waals surface area contributed by atoms with Gasteiger partial charge in [-0.05, 0) is 56.0 Å². The molecule has 0 spiro atoms. The maximum Gasteiger partial charge on any atom is 0.273 e. The predicted molar refractivity (Wildman–Crippen MR) is 109 cm³/mol. The standard InChI is InChI=1S/C21H21N3OS/c1-15-13-20(16(2)24(15)18-7-5-4-6-8-18)21(25)23-22-14-17-9-11-19(26-3)12-10-17/h4-14H,1-3H3,(H,23,25)/b22-14-. The molecule has 2 aromatic carbocycles. The topological polar surface area (TPSA) is 46.4 Å².